The summed E-state index contributed by atoms with van der Waals surface area (Å²) >= 11 is 0.651. The highest BCUT2D eigenvalue weighted by Crippen LogP contribution is 2.38. The van der Waals surface area contributed by atoms with Crippen LogP contribution < -0.4 is 0 Å². The molecule has 1 aromatic rings. The Hall–Kier alpha value is -2.04. The molecule has 28 heavy (non-hydrogen) atoms. The Kier molecular flexibility index (Phi) is 5.48. The van der Waals surface area contributed by atoms with Gasteiger partial charge < -0.3 is 14.6 Å². The van der Waals surface area contributed by atoms with Crippen LogP contribution >= 0.6 is 11.8 Å². The van der Waals surface area contributed by atoms with Crippen molar-refractivity contribution in [2.45, 2.75) is 38.1 Å². The molecule has 10 heteroatoms. The van der Waals surface area contributed by atoms with Crippen LogP contribution in [0.5, 0.6) is 5.75 Å². The molecule has 1 aromatic carbocycles. The second-order valence-electron chi connectivity index (χ2n) is 7.08. The SMILES string of the molecule is CC1(C)CC(CN2C(=O)S/C(=C/c3ccc(O)c(C(F)(F)F)c3)C2=O)OCO1. The molecule has 2 aliphatic rings. The Balaban J connectivity index is 1.78. The summed E-state index contributed by atoms with van der Waals surface area (Å²) in [5.41, 5.74) is -1.60. The van der Waals surface area contributed by atoms with E-state index in [-0.39, 0.29) is 29.9 Å². The maximum atomic E-state index is 12.9. The van der Waals surface area contributed by atoms with E-state index in [1.807, 2.05) is 13.8 Å². The number of carbonyl (C=O) groups excluding carboxylic acids is 2. The first kappa shape index (κ1) is 20.7. The standard InChI is InChI=1S/C18H18F3NO5S/c1-17(2)7-11(26-9-27-17)8-22-15(24)14(28-16(22)25)6-10-3-4-13(23)12(5-10)18(19,20)21/h3-6,11,23H,7-9H2,1-2H3/b14-6+. The summed E-state index contributed by atoms with van der Waals surface area (Å²) in [6.45, 7) is 3.84. The summed E-state index contributed by atoms with van der Waals surface area (Å²) in [4.78, 5) is 25.8. The number of alkyl halides is 3. The Morgan fingerprint density at radius 1 is 1.36 bits per heavy atom. The van der Waals surface area contributed by atoms with Crippen LogP contribution in [0.2, 0.25) is 0 Å². The molecule has 2 saturated heterocycles. The van der Waals surface area contributed by atoms with Crippen LogP contribution in [0, 0.1) is 0 Å². The van der Waals surface area contributed by atoms with Crippen molar-refractivity contribution >= 4 is 29.0 Å². The molecule has 6 nitrogen and oxygen atoms in total. The van der Waals surface area contributed by atoms with Crippen molar-refractivity contribution in [2.75, 3.05) is 13.3 Å². The second-order valence-corrected chi connectivity index (χ2v) is 8.07. The number of amides is 2. The number of halogens is 3. The maximum absolute atomic E-state index is 12.9. The zero-order valence-corrected chi connectivity index (χ0v) is 15.9. The van der Waals surface area contributed by atoms with Crippen molar-refractivity contribution in [3.8, 4) is 5.75 Å². The van der Waals surface area contributed by atoms with Gasteiger partial charge in [0, 0.05) is 6.42 Å². The van der Waals surface area contributed by atoms with E-state index < -0.39 is 34.2 Å². The van der Waals surface area contributed by atoms with Crippen LogP contribution in [0.1, 0.15) is 31.4 Å². The third kappa shape index (κ3) is 4.50. The summed E-state index contributed by atoms with van der Waals surface area (Å²) in [7, 11) is 0. The lowest BCUT2D eigenvalue weighted by Gasteiger charge is -2.36. The van der Waals surface area contributed by atoms with Gasteiger partial charge >= 0.3 is 6.18 Å². The van der Waals surface area contributed by atoms with Gasteiger partial charge in [0.25, 0.3) is 11.1 Å². The number of phenols is 1. The predicted molar refractivity (Wildman–Crippen MR) is 95.3 cm³/mol. The Bertz CT molecular complexity index is 837. The number of hydrogen-bond donors (Lipinski definition) is 1. The van der Waals surface area contributed by atoms with Crippen LogP contribution in [-0.2, 0) is 20.4 Å². The zero-order chi connectivity index (χ0) is 20.7. The monoisotopic (exact) mass is 417 g/mol. The van der Waals surface area contributed by atoms with Gasteiger partial charge in [0.05, 0.1) is 28.7 Å². The number of aromatic hydroxyl groups is 1. The molecule has 3 rings (SSSR count). The topological polar surface area (TPSA) is 76.1 Å². The fraction of sp³-hybridized carbons (Fsp3) is 0.444. The zero-order valence-electron chi connectivity index (χ0n) is 15.1. The van der Waals surface area contributed by atoms with Crippen LogP contribution in [0.4, 0.5) is 18.0 Å². The normalized spacial score (nSPS) is 24.2. The van der Waals surface area contributed by atoms with Crippen LogP contribution in [0.25, 0.3) is 6.08 Å². The molecule has 2 amide bonds. The minimum atomic E-state index is -4.74. The van der Waals surface area contributed by atoms with Crippen molar-refractivity contribution < 1.29 is 37.3 Å². The summed E-state index contributed by atoms with van der Waals surface area (Å²) in [5, 5.41) is 8.88. The largest absolute Gasteiger partial charge is 0.507 e. The van der Waals surface area contributed by atoms with Crippen molar-refractivity contribution in [2.24, 2.45) is 0 Å². The first-order chi connectivity index (χ1) is 13.0. The first-order valence-electron chi connectivity index (χ1n) is 8.37. The summed E-state index contributed by atoms with van der Waals surface area (Å²) in [5.74, 6) is -1.50. The lowest BCUT2D eigenvalue weighted by atomic mass is 9.99. The smallest absolute Gasteiger partial charge is 0.419 e. The molecule has 0 aromatic heterocycles. The third-order valence-electron chi connectivity index (χ3n) is 4.36. The van der Waals surface area contributed by atoms with E-state index in [1.54, 1.807) is 0 Å². The highest BCUT2D eigenvalue weighted by atomic mass is 32.2. The van der Waals surface area contributed by atoms with E-state index in [4.69, 9.17) is 9.47 Å². The van der Waals surface area contributed by atoms with Gasteiger partial charge in [-0.15, -0.1) is 0 Å². The van der Waals surface area contributed by atoms with E-state index in [1.165, 1.54) is 12.1 Å². The van der Waals surface area contributed by atoms with E-state index in [0.717, 1.165) is 17.0 Å². The van der Waals surface area contributed by atoms with Crippen molar-refractivity contribution in [3.63, 3.8) is 0 Å². The second kappa shape index (κ2) is 7.41. The lowest BCUT2D eigenvalue weighted by Crippen LogP contribution is -2.45. The molecule has 0 saturated carbocycles. The number of imide groups is 1. The molecule has 0 radical (unpaired) electrons. The third-order valence-corrected chi connectivity index (χ3v) is 5.26. The average Bonchev–Trinajstić information content (AvgIpc) is 2.82. The number of ether oxygens (including phenoxy) is 2. The first-order valence-corrected chi connectivity index (χ1v) is 9.19. The minimum Gasteiger partial charge on any atom is -0.507 e. The summed E-state index contributed by atoms with van der Waals surface area (Å²) in [6.07, 6.45) is -3.43. The summed E-state index contributed by atoms with van der Waals surface area (Å²) in [6, 6.07) is 2.87. The quantitative estimate of drug-likeness (QED) is 0.750. The number of thioether (sulfide) groups is 1. The summed E-state index contributed by atoms with van der Waals surface area (Å²) < 4.78 is 49.6. The van der Waals surface area contributed by atoms with E-state index in [2.05, 4.69) is 0 Å². The molecule has 1 atom stereocenters. The van der Waals surface area contributed by atoms with Crippen molar-refractivity contribution in [1.82, 2.24) is 4.90 Å². The lowest BCUT2D eigenvalue weighted by molar-refractivity contribution is -0.211. The molecular formula is C18H18F3NO5S. The molecule has 1 unspecified atom stereocenters. The molecule has 2 heterocycles. The number of nitrogens with zero attached hydrogens (tertiary/aromatic N) is 1. The molecule has 2 fully saturated rings. The van der Waals surface area contributed by atoms with Crippen LogP contribution in [0.3, 0.4) is 0 Å². The van der Waals surface area contributed by atoms with Crippen molar-refractivity contribution in [1.29, 1.82) is 0 Å². The highest BCUT2D eigenvalue weighted by molar-refractivity contribution is 8.18. The molecule has 0 aliphatic carbocycles. The fourth-order valence-corrected chi connectivity index (χ4v) is 3.80. The van der Waals surface area contributed by atoms with E-state index in [0.29, 0.717) is 18.2 Å². The fourth-order valence-electron chi connectivity index (χ4n) is 2.96. The van der Waals surface area contributed by atoms with Gasteiger partial charge in [0.2, 0.25) is 0 Å². The van der Waals surface area contributed by atoms with Gasteiger partial charge in [-0.3, -0.25) is 14.5 Å². The van der Waals surface area contributed by atoms with Gasteiger partial charge in [-0.25, -0.2) is 0 Å². The van der Waals surface area contributed by atoms with Crippen LogP contribution in [-0.4, -0.2) is 46.2 Å². The number of phenolic OH excluding ortho intramolecular Hbond substituents is 1. The molecule has 1 N–H and O–H groups in total. The molecule has 152 valence electrons. The van der Waals surface area contributed by atoms with E-state index >= 15 is 0 Å². The van der Waals surface area contributed by atoms with Crippen molar-refractivity contribution in [3.05, 3.63) is 34.2 Å². The van der Waals surface area contributed by atoms with Gasteiger partial charge in [-0.1, -0.05) is 6.07 Å². The predicted octanol–water partition coefficient (Wildman–Crippen LogP) is 3.99. The molecule has 0 spiro atoms. The molecule has 2 aliphatic heterocycles. The van der Waals surface area contributed by atoms with Gasteiger partial charge in [-0.2, -0.15) is 13.2 Å². The van der Waals surface area contributed by atoms with E-state index in [9.17, 15) is 27.9 Å². The highest BCUT2D eigenvalue weighted by Gasteiger charge is 2.39. The molecular weight excluding hydrogens is 399 g/mol. The molecule has 0 bridgehead atoms. The average molecular weight is 417 g/mol. The van der Waals surface area contributed by atoms with Gasteiger partial charge in [0.1, 0.15) is 12.5 Å². The van der Waals surface area contributed by atoms with Gasteiger partial charge in [-0.05, 0) is 49.4 Å². The number of benzene rings is 1. The maximum Gasteiger partial charge on any atom is 0.419 e. The minimum absolute atomic E-state index is 0.00938. The van der Waals surface area contributed by atoms with Crippen LogP contribution in [0.15, 0.2) is 23.1 Å². The van der Waals surface area contributed by atoms with Gasteiger partial charge in [0.15, 0.2) is 0 Å². The number of rotatable bonds is 3. The Morgan fingerprint density at radius 3 is 2.71 bits per heavy atom. The Labute approximate surface area is 163 Å². The number of carbonyl (C=O) groups is 2. The Morgan fingerprint density at radius 2 is 2.07 bits per heavy atom. The number of hydrogen-bond acceptors (Lipinski definition) is 6.